The second-order valence-corrected chi connectivity index (χ2v) is 9.61. The second-order valence-electron chi connectivity index (χ2n) is 9.61. The Hall–Kier alpha value is -0.0900. The van der Waals surface area contributed by atoms with Crippen LogP contribution in [0, 0.1) is 0 Å². The van der Waals surface area contributed by atoms with Crippen molar-refractivity contribution >= 4 is 23.0 Å². The van der Waals surface area contributed by atoms with Gasteiger partial charge in [-0.15, -0.1) is 17.0 Å². The van der Waals surface area contributed by atoms with Crippen molar-refractivity contribution in [2.75, 3.05) is 13.2 Å². The van der Waals surface area contributed by atoms with Gasteiger partial charge in [0.05, 0.1) is 6.61 Å². The lowest BCUT2D eigenvalue weighted by Gasteiger charge is -2.35. The zero-order chi connectivity index (χ0) is 23.0. The number of nitrogens with one attached hydrogen (secondary N) is 1. The first-order valence-corrected chi connectivity index (χ1v) is 14.0. The number of hydrogen-bond acceptors (Lipinski definition) is 3. The van der Waals surface area contributed by atoms with Crippen molar-refractivity contribution in [2.24, 2.45) is 0 Å². The van der Waals surface area contributed by atoms with Crippen LogP contribution in [0.3, 0.4) is 0 Å². The van der Waals surface area contributed by atoms with E-state index in [9.17, 15) is 4.79 Å². The molecule has 32 heavy (non-hydrogen) atoms. The molecule has 0 aliphatic carbocycles. The Kier molecular flexibility index (Phi) is 27.2. The summed E-state index contributed by atoms with van der Waals surface area (Å²) in [7, 11) is 0. The van der Waals surface area contributed by atoms with Gasteiger partial charge in [0, 0.05) is 12.0 Å². The maximum atomic E-state index is 11.5. The lowest BCUT2D eigenvalue weighted by atomic mass is 9.83. The van der Waals surface area contributed by atoms with Crippen LogP contribution in [-0.4, -0.2) is 24.7 Å². The van der Waals surface area contributed by atoms with Gasteiger partial charge in [-0.3, -0.25) is 4.79 Å². The highest BCUT2D eigenvalue weighted by Crippen LogP contribution is 2.27. The minimum absolute atomic E-state index is 0. The zero-order valence-corrected chi connectivity index (χ0v) is 24.0. The molecular formula is C28H58BrNO2. The molecular weight excluding hydrogens is 462 g/mol. The monoisotopic (exact) mass is 519 g/mol. The quantitative estimate of drug-likeness (QED) is 0.102. The molecule has 0 unspecified atom stereocenters. The van der Waals surface area contributed by atoms with Crippen LogP contribution in [0.2, 0.25) is 0 Å². The molecule has 0 spiro atoms. The summed E-state index contributed by atoms with van der Waals surface area (Å²) < 4.78 is 5.02. The van der Waals surface area contributed by atoms with Crippen molar-refractivity contribution in [2.45, 2.75) is 162 Å². The van der Waals surface area contributed by atoms with Gasteiger partial charge in [-0.25, -0.2) is 0 Å². The predicted octanol–water partition coefficient (Wildman–Crippen LogP) is 9.32. The van der Waals surface area contributed by atoms with Crippen LogP contribution in [0.5, 0.6) is 0 Å². The molecule has 0 atom stereocenters. The molecule has 1 N–H and O–H groups in total. The minimum atomic E-state index is -0.0433. The van der Waals surface area contributed by atoms with E-state index >= 15 is 0 Å². The summed E-state index contributed by atoms with van der Waals surface area (Å²) in [5.74, 6) is -0.0433. The summed E-state index contributed by atoms with van der Waals surface area (Å²) in [5.41, 5.74) is 0.337. The summed E-state index contributed by atoms with van der Waals surface area (Å²) >= 11 is 0. The average Bonchev–Trinajstić information content (AvgIpc) is 2.75. The molecule has 0 rings (SSSR count). The van der Waals surface area contributed by atoms with Gasteiger partial charge >= 0.3 is 5.97 Å². The number of ether oxygens (including phenoxy) is 1. The molecule has 0 aliphatic heterocycles. The van der Waals surface area contributed by atoms with Crippen molar-refractivity contribution in [1.82, 2.24) is 5.32 Å². The molecule has 4 heteroatoms. The van der Waals surface area contributed by atoms with E-state index in [4.69, 9.17) is 4.74 Å². The van der Waals surface area contributed by atoms with Crippen molar-refractivity contribution < 1.29 is 9.53 Å². The van der Waals surface area contributed by atoms with Gasteiger partial charge < -0.3 is 10.1 Å². The van der Waals surface area contributed by atoms with Gasteiger partial charge in [-0.1, -0.05) is 111 Å². The summed E-state index contributed by atoms with van der Waals surface area (Å²) in [4.78, 5) is 11.5. The molecule has 0 fully saturated rings. The molecule has 0 bridgehead atoms. The standard InChI is InChI=1S/C28H57NO2.BrH/c1-5-9-10-11-12-13-14-15-16-17-20-25-28(23-6-2,24-7-3)29-26-21-18-19-22-27(30)31-8-4;/h29H,5-26H2,1-4H3;1H. The van der Waals surface area contributed by atoms with Gasteiger partial charge in [-0.05, 0) is 45.6 Å². The smallest absolute Gasteiger partial charge is 0.305 e. The molecule has 3 nitrogen and oxygen atoms in total. The van der Waals surface area contributed by atoms with E-state index in [1.165, 1.54) is 103 Å². The highest BCUT2D eigenvalue weighted by atomic mass is 79.9. The molecule has 0 aromatic heterocycles. The molecule has 0 radical (unpaired) electrons. The molecule has 0 saturated carbocycles. The zero-order valence-electron chi connectivity index (χ0n) is 22.3. The Morgan fingerprint density at radius 3 is 1.62 bits per heavy atom. The number of hydrogen-bond donors (Lipinski definition) is 1. The molecule has 0 heterocycles. The van der Waals surface area contributed by atoms with Crippen LogP contribution in [0.25, 0.3) is 0 Å². The fraction of sp³-hybridized carbons (Fsp3) is 0.964. The third-order valence-electron chi connectivity index (χ3n) is 6.58. The number of unbranched alkanes of at least 4 members (excludes halogenated alkanes) is 12. The number of carbonyl (C=O) groups is 1. The predicted molar refractivity (Wildman–Crippen MR) is 147 cm³/mol. The normalized spacial score (nSPS) is 11.4. The van der Waals surface area contributed by atoms with Crippen LogP contribution in [0.4, 0.5) is 0 Å². The van der Waals surface area contributed by atoms with Crippen molar-refractivity contribution in [3.05, 3.63) is 0 Å². The van der Waals surface area contributed by atoms with Gasteiger partial charge in [0.25, 0.3) is 0 Å². The van der Waals surface area contributed by atoms with Gasteiger partial charge in [0.2, 0.25) is 0 Å². The van der Waals surface area contributed by atoms with E-state index in [0.29, 0.717) is 18.6 Å². The maximum Gasteiger partial charge on any atom is 0.305 e. The number of esters is 1. The third-order valence-corrected chi connectivity index (χ3v) is 6.58. The number of carbonyl (C=O) groups excluding carboxylic acids is 1. The largest absolute Gasteiger partial charge is 0.466 e. The van der Waals surface area contributed by atoms with E-state index in [1.54, 1.807) is 0 Å². The maximum absolute atomic E-state index is 11.5. The third kappa shape index (κ3) is 20.5. The minimum Gasteiger partial charge on any atom is -0.466 e. The Bertz CT molecular complexity index is 384. The Morgan fingerprint density at radius 1 is 0.625 bits per heavy atom. The highest BCUT2D eigenvalue weighted by Gasteiger charge is 2.26. The van der Waals surface area contributed by atoms with E-state index in [2.05, 4.69) is 26.1 Å². The molecule has 0 aromatic carbocycles. The molecule has 0 amide bonds. The van der Waals surface area contributed by atoms with Gasteiger partial charge in [-0.2, -0.15) is 0 Å². The van der Waals surface area contributed by atoms with Crippen LogP contribution >= 0.6 is 17.0 Å². The summed E-state index contributed by atoms with van der Waals surface area (Å²) in [6, 6.07) is 0. The average molecular weight is 521 g/mol. The summed E-state index contributed by atoms with van der Waals surface area (Å²) in [6.07, 6.45) is 25.8. The lowest BCUT2D eigenvalue weighted by Crippen LogP contribution is -2.45. The first-order chi connectivity index (χ1) is 15.1. The number of rotatable bonds is 24. The summed E-state index contributed by atoms with van der Waals surface area (Å²) in [6.45, 7) is 10.4. The first kappa shape index (κ1) is 34.1. The summed E-state index contributed by atoms with van der Waals surface area (Å²) in [5, 5.41) is 3.97. The van der Waals surface area contributed by atoms with E-state index in [-0.39, 0.29) is 23.0 Å². The van der Waals surface area contributed by atoms with Crippen molar-refractivity contribution in [3.63, 3.8) is 0 Å². The fourth-order valence-electron chi connectivity index (χ4n) is 4.88. The Morgan fingerprint density at radius 2 is 1.12 bits per heavy atom. The van der Waals surface area contributed by atoms with Crippen molar-refractivity contribution in [1.29, 1.82) is 0 Å². The molecule has 0 saturated heterocycles. The van der Waals surface area contributed by atoms with Gasteiger partial charge in [0.1, 0.15) is 0 Å². The van der Waals surface area contributed by atoms with Gasteiger partial charge in [0.15, 0.2) is 0 Å². The second kappa shape index (κ2) is 25.5. The SMILES string of the molecule is Br.CCCCCCCCCCCCCC(CCC)(CCC)NCCCCCC(=O)OCC. The fourth-order valence-corrected chi connectivity index (χ4v) is 4.88. The lowest BCUT2D eigenvalue weighted by molar-refractivity contribution is -0.143. The van der Waals surface area contributed by atoms with E-state index in [0.717, 1.165) is 25.8 Å². The number of halogens is 1. The van der Waals surface area contributed by atoms with Crippen LogP contribution in [0.1, 0.15) is 156 Å². The van der Waals surface area contributed by atoms with Crippen LogP contribution in [0.15, 0.2) is 0 Å². The first-order valence-electron chi connectivity index (χ1n) is 14.0. The van der Waals surface area contributed by atoms with Crippen LogP contribution in [-0.2, 0) is 9.53 Å². The molecule has 0 aliphatic rings. The van der Waals surface area contributed by atoms with Crippen LogP contribution < -0.4 is 5.32 Å². The molecule has 0 aromatic rings. The Balaban J connectivity index is 0. The molecule has 194 valence electrons. The topological polar surface area (TPSA) is 38.3 Å². The van der Waals surface area contributed by atoms with Crippen molar-refractivity contribution in [3.8, 4) is 0 Å². The van der Waals surface area contributed by atoms with E-state index < -0.39 is 0 Å². The highest BCUT2D eigenvalue weighted by molar-refractivity contribution is 8.93. The van der Waals surface area contributed by atoms with E-state index in [1.807, 2.05) is 6.92 Å². The Labute approximate surface area is 212 Å².